The van der Waals surface area contributed by atoms with Gasteiger partial charge in [-0.25, -0.2) is 0 Å². The van der Waals surface area contributed by atoms with Gasteiger partial charge in [0.2, 0.25) is 5.91 Å². The van der Waals surface area contributed by atoms with E-state index in [0.29, 0.717) is 5.75 Å². The lowest BCUT2D eigenvalue weighted by molar-refractivity contribution is -0.126. The number of rotatable bonds is 5. The highest BCUT2D eigenvalue weighted by Gasteiger charge is 2.13. The number of carbonyl (C=O) groups excluding carboxylic acids is 1. The fraction of sp³-hybridized carbons (Fsp3) is 0.421. The van der Waals surface area contributed by atoms with Gasteiger partial charge >= 0.3 is 0 Å². The molecule has 1 aliphatic heterocycles. The van der Waals surface area contributed by atoms with Crippen LogP contribution in [-0.4, -0.2) is 36.1 Å². The van der Waals surface area contributed by atoms with Gasteiger partial charge in [-0.05, 0) is 49.0 Å². The molecule has 0 unspecified atom stereocenters. The highest BCUT2D eigenvalue weighted by Crippen LogP contribution is 2.27. The Morgan fingerprint density at radius 1 is 1.26 bits per heavy atom. The maximum Gasteiger partial charge on any atom is 0.246 e. The van der Waals surface area contributed by atoms with Crippen LogP contribution in [0.15, 0.2) is 35.9 Å². The van der Waals surface area contributed by atoms with Gasteiger partial charge in [-0.2, -0.15) is 0 Å². The van der Waals surface area contributed by atoms with Crippen LogP contribution in [0.5, 0.6) is 11.5 Å². The van der Waals surface area contributed by atoms with Crippen molar-refractivity contribution in [2.24, 2.45) is 0 Å². The molecule has 23 heavy (non-hydrogen) atoms. The summed E-state index contributed by atoms with van der Waals surface area (Å²) in [5.41, 5.74) is 2.00. The van der Waals surface area contributed by atoms with E-state index in [9.17, 15) is 9.90 Å². The number of hydrogen-bond donors (Lipinski definition) is 1. The van der Waals surface area contributed by atoms with E-state index in [0.717, 1.165) is 43.5 Å². The summed E-state index contributed by atoms with van der Waals surface area (Å²) in [4.78, 5) is 14.1. The van der Waals surface area contributed by atoms with Crippen LogP contribution in [0.1, 0.15) is 38.2 Å². The van der Waals surface area contributed by atoms with Gasteiger partial charge in [-0.3, -0.25) is 4.79 Å². The van der Waals surface area contributed by atoms with Crippen molar-refractivity contribution in [2.45, 2.75) is 32.6 Å². The van der Waals surface area contributed by atoms with E-state index in [1.165, 1.54) is 13.5 Å². The predicted molar refractivity (Wildman–Crippen MR) is 92.5 cm³/mol. The minimum absolute atomic E-state index is 0.0901. The summed E-state index contributed by atoms with van der Waals surface area (Å²) in [6.45, 7) is 3.78. The molecule has 0 atom stereocenters. The summed E-state index contributed by atoms with van der Waals surface area (Å²) in [6, 6.07) is 5.22. The molecule has 1 aromatic carbocycles. The monoisotopic (exact) mass is 315 g/mol. The number of piperidine rings is 1. The Hall–Kier alpha value is -2.23. The lowest BCUT2D eigenvalue weighted by atomic mass is 10.1. The van der Waals surface area contributed by atoms with Crippen LogP contribution in [0.25, 0.3) is 6.08 Å². The van der Waals surface area contributed by atoms with Crippen LogP contribution in [0.4, 0.5) is 0 Å². The molecule has 1 N–H and O–H groups in total. The quantitative estimate of drug-likeness (QED) is 0.665. The van der Waals surface area contributed by atoms with E-state index in [2.05, 4.69) is 6.92 Å². The molecule has 0 aromatic heterocycles. The van der Waals surface area contributed by atoms with Crippen molar-refractivity contribution in [3.05, 3.63) is 41.5 Å². The van der Waals surface area contributed by atoms with Crippen molar-refractivity contribution in [2.75, 3.05) is 20.2 Å². The zero-order valence-corrected chi connectivity index (χ0v) is 13.9. The average Bonchev–Trinajstić information content (AvgIpc) is 2.60. The number of carbonyl (C=O) groups is 1. The number of allylic oxidation sites excluding steroid dienone is 2. The molecule has 4 nitrogen and oxygen atoms in total. The van der Waals surface area contributed by atoms with Crippen molar-refractivity contribution < 1.29 is 14.6 Å². The smallest absolute Gasteiger partial charge is 0.246 e. The zero-order valence-electron chi connectivity index (χ0n) is 13.9. The molecule has 0 spiro atoms. The van der Waals surface area contributed by atoms with E-state index >= 15 is 0 Å². The molecular weight excluding hydrogens is 290 g/mol. The largest absolute Gasteiger partial charge is 0.504 e. The number of likely N-dealkylation sites (tertiary alicyclic amines) is 1. The first-order chi connectivity index (χ1) is 11.1. The predicted octanol–water partition coefficient (Wildman–Crippen LogP) is 3.76. The Morgan fingerprint density at radius 2 is 2.00 bits per heavy atom. The maximum atomic E-state index is 12.2. The molecule has 0 aliphatic carbocycles. The fourth-order valence-electron chi connectivity index (χ4n) is 2.66. The Morgan fingerprint density at radius 3 is 2.65 bits per heavy atom. The molecule has 0 saturated carbocycles. The van der Waals surface area contributed by atoms with Crippen LogP contribution >= 0.6 is 0 Å². The standard InChI is InChI=1S/C19H25NO3/c1-3-15(8-10-19(22)20-11-5-4-6-12-20)13-16-7-9-17(21)18(14-16)23-2/h7-10,13-14,21H,3-6,11-12H2,1-2H3/b10-8+,15-13+. The minimum Gasteiger partial charge on any atom is -0.504 e. The summed E-state index contributed by atoms with van der Waals surface area (Å²) >= 11 is 0. The van der Waals surface area contributed by atoms with Crippen molar-refractivity contribution in [1.29, 1.82) is 0 Å². The molecule has 124 valence electrons. The van der Waals surface area contributed by atoms with Crippen LogP contribution in [0.2, 0.25) is 0 Å². The van der Waals surface area contributed by atoms with Crippen molar-refractivity contribution >= 4 is 12.0 Å². The Kier molecular flexibility index (Phi) is 6.27. The minimum atomic E-state index is 0.0901. The summed E-state index contributed by atoms with van der Waals surface area (Å²) in [7, 11) is 1.53. The van der Waals surface area contributed by atoms with Crippen LogP contribution < -0.4 is 4.74 Å². The number of phenols is 1. The fourth-order valence-corrected chi connectivity index (χ4v) is 2.66. The zero-order chi connectivity index (χ0) is 16.7. The maximum absolute atomic E-state index is 12.2. The number of benzene rings is 1. The van der Waals surface area contributed by atoms with Crippen LogP contribution in [0.3, 0.4) is 0 Å². The average molecular weight is 315 g/mol. The topological polar surface area (TPSA) is 49.8 Å². The summed E-state index contributed by atoms with van der Waals surface area (Å²) < 4.78 is 5.12. The normalized spacial score (nSPS) is 15.9. The van der Waals surface area contributed by atoms with E-state index in [1.807, 2.05) is 23.1 Å². The van der Waals surface area contributed by atoms with Crippen molar-refractivity contribution in [3.8, 4) is 11.5 Å². The molecular formula is C19H25NO3. The first-order valence-electron chi connectivity index (χ1n) is 8.18. The molecule has 1 fully saturated rings. The summed E-state index contributed by atoms with van der Waals surface area (Å²) in [5, 5.41) is 9.64. The van der Waals surface area contributed by atoms with Gasteiger partial charge in [0.25, 0.3) is 0 Å². The molecule has 1 aliphatic rings. The first-order valence-corrected chi connectivity index (χ1v) is 8.18. The number of phenolic OH excluding ortho intramolecular Hbond substituents is 1. The second-order valence-corrected chi connectivity index (χ2v) is 5.72. The van der Waals surface area contributed by atoms with E-state index in [4.69, 9.17) is 4.74 Å². The van der Waals surface area contributed by atoms with Crippen LogP contribution in [-0.2, 0) is 4.79 Å². The SMILES string of the molecule is CCC(/C=C/C(=O)N1CCCCC1)=C\c1ccc(O)c(OC)c1. The molecule has 0 bridgehead atoms. The molecule has 2 rings (SSSR count). The van der Waals surface area contributed by atoms with Gasteiger partial charge in [0.15, 0.2) is 11.5 Å². The van der Waals surface area contributed by atoms with Gasteiger partial charge in [0, 0.05) is 19.2 Å². The second kappa shape index (κ2) is 8.42. The Bertz CT molecular complexity index is 599. The van der Waals surface area contributed by atoms with Gasteiger partial charge in [0.05, 0.1) is 7.11 Å². The van der Waals surface area contributed by atoms with E-state index < -0.39 is 0 Å². The van der Waals surface area contributed by atoms with Crippen molar-refractivity contribution in [1.82, 2.24) is 4.90 Å². The number of hydrogen-bond acceptors (Lipinski definition) is 3. The first kappa shape index (κ1) is 17.1. The Labute approximate surface area is 138 Å². The number of ether oxygens (including phenoxy) is 1. The number of aromatic hydroxyl groups is 1. The molecule has 1 heterocycles. The highest BCUT2D eigenvalue weighted by atomic mass is 16.5. The van der Waals surface area contributed by atoms with E-state index in [1.54, 1.807) is 18.2 Å². The third kappa shape index (κ3) is 4.88. The molecule has 1 aromatic rings. The van der Waals surface area contributed by atoms with Gasteiger partial charge in [-0.15, -0.1) is 0 Å². The molecule has 1 saturated heterocycles. The lowest BCUT2D eigenvalue weighted by Crippen LogP contribution is -2.34. The Balaban J connectivity index is 2.09. The van der Waals surface area contributed by atoms with Crippen LogP contribution in [0, 0.1) is 0 Å². The van der Waals surface area contributed by atoms with E-state index in [-0.39, 0.29) is 11.7 Å². The molecule has 4 heteroatoms. The third-order valence-electron chi connectivity index (χ3n) is 4.07. The van der Waals surface area contributed by atoms with Gasteiger partial charge in [-0.1, -0.05) is 25.1 Å². The lowest BCUT2D eigenvalue weighted by Gasteiger charge is -2.25. The van der Waals surface area contributed by atoms with Crippen molar-refractivity contribution in [3.63, 3.8) is 0 Å². The summed E-state index contributed by atoms with van der Waals surface area (Å²) in [5.74, 6) is 0.661. The highest BCUT2D eigenvalue weighted by molar-refractivity contribution is 5.88. The number of nitrogens with zero attached hydrogens (tertiary/aromatic N) is 1. The number of methoxy groups -OCH3 is 1. The summed E-state index contributed by atoms with van der Waals surface area (Å²) in [6.07, 6.45) is 9.80. The van der Waals surface area contributed by atoms with Gasteiger partial charge in [0.1, 0.15) is 0 Å². The third-order valence-corrected chi connectivity index (χ3v) is 4.07. The molecule has 1 amide bonds. The van der Waals surface area contributed by atoms with Gasteiger partial charge < -0.3 is 14.7 Å². The second-order valence-electron chi connectivity index (χ2n) is 5.72. The number of amides is 1. The molecule has 0 radical (unpaired) electrons.